The zero-order valence-corrected chi connectivity index (χ0v) is 13.1. The first-order valence-corrected chi connectivity index (χ1v) is 6.70. The number of hydrogen-bond acceptors (Lipinski definition) is 5. The van der Waals surface area contributed by atoms with E-state index in [0.29, 0.717) is 11.3 Å². The van der Waals surface area contributed by atoms with Crippen LogP contribution in [-0.4, -0.2) is 36.3 Å². The fourth-order valence-corrected chi connectivity index (χ4v) is 1.58. The van der Waals surface area contributed by atoms with Gasteiger partial charge in [0, 0.05) is 12.7 Å². The average Bonchev–Trinajstić information content (AvgIpc) is 2.37. The molecule has 0 bridgehead atoms. The molecule has 0 spiro atoms. The molecule has 122 valence electrons. The lowest BCUT2D eigenvalue weighted by atomic mass is 10.1. The molecule has 1 atom stereocenters. The summed E-state index contributed by atoms with van der Waals surface area (Å²) in [5, 5.41) is 11.3. The van der Waals surface area contributed by atoms with Crippen molar-refractivity contribution in [2.45, 2.75) is 39.2 Å². The van der Waals surface area contributed by atoms with Crippen LogP contribution in [0.5, 0.6) is 5.75 Å². The maximum absolute atomic E-state index is 11.7. The maximum atomic E-state index is 11.7. The van der Waals surface area contributed by atoms with Crippen LogP contribution in [0.15, 0.2) is 24.3 Å². The fraction of sp³-hybridized carbons (Fsp3) is 0.467. The van der Waals surface area contributed by atoms with Crippen LogP contribution in [0, 0.1) is 0 Å². The van der Waals surface area contributed by atoms with Crippen molar-refractivity contribution in [1.82, 2.24) is 5.32 Å². The number of benzene rings is 1. The molecule has 22 heavy (non-hydrogen) atoms. The second-order valence-corrected chi connectivity index (χ2v) is 5.51. The van der Waals surface area contributed by atoms with Gasteiger partial charge in [0.2, 0.25) is 0 Å². The van der Waals surface area contributed by atoms with E-state index in [1.54, 1.807) is 45.0 Å². The van der Waals surface area contributed by atoms with Crippen molar-refractivity contribution in [3.05, 3.63) is 29.8 Å². The van der Waals surface area contributed by atoms with Crippen molar-refractivity contribution < 1.29 is 28.9 Å². The number of nitrogens with one attached hydrogen (secondary N) is 1. The smallest absolute Gasteiger partial charge is 0.412 e. The zero-order chi connectivity index (χ0) is 16.8. The van der Waals surface area contributed by atoms with E-state index >= 15 is 0 Å². The van der Waals surface area contributed by atoms with Gasteiger partial charge < -0.3 is 19.3 Å². The Morgan fingerprint density at radius 1 is 1.27 bits per heavy atom. The SMILES string of the molecule is COC(NC(=O)OC(C)(C)C)Oc1ccccc1CC(=O)O. The first-order chi connectivity index (χ1) is 10.2. The summed E-state index contributed by atoms with van der Waals surface area (Å²) in [6, 6.07) is 6.62. The highest BCUT2D eigenvalue weighted by Gasteiger charge is 2.21. The van der Waals surface area contributed by atoms with E-state index in [4.69, 9.17) is 19.3 Å². The molecule has 0 saturated heterocycles. The Morgan fingerprint density at radius 3 is 2.45 bits per heavy atom. The first kappa shape index (κ1) is 17.8. The number of carbonyl (C=O) groups is 2. The van der Waals surface area contributed by atoms with E-state index in [0.717, 1.165) is 0 Å². The average molecular weight is 311 g/mol. The van der Waals surface area contributed by atoms with E-state index in [9.17, 15) is 9.59 Å². The summed E-state index contributed by atoms with van der Waals surface area (Å²) in [4.78, 5) is 22.5. The van der Waals surface area contributed by atoms with E-state index in [1.165, 1.54) is 7.11 Å². The van der Waals surface area contributed by atoms with Crippen LogP contribution in [0.1, 0.15) is 26.3 Å². The largest absolute Gasteiger partial charge is 0.481 e. The second-order valence-electron chi connectivity index (χ2n) is 5.51. The van der Waals surface area contributed by atoms with Gasteiger partial charge in [0.15, 0.2) is 0 Å². The number of methoxy groups -OCH3 is 1. The predicted octanol–water partition coefficient (Wildman–Crippen LogP) is 2.15. The van der Waals surface area contributed by atoms with Gasteiger partial charge in [0.25, 0.3) is 6.41 Å². The number of ether oxygens (including phenoxy) is 3. The lowest BCUT2D eigenvalue weighted by Crippen LogP contribution is -2.43. The van der Waals surface area contributed by atoms with Gasteiger partial charge in [-0.1, -0.05) is 18.2 Å². The molecule has 0 heterocycles. The minimum absolute atomic E-state index is 0.195. The Morgan fingerprint density at radius 2 is 1.91 bits per heavy atom. The number of hydrogen-bond donors (Lipinski definition) is 2. The predicted molar refractivity (Wildman–Crippen MR) is 78.6 cm³/mol. The standard InChI is InChI=1S/C15H21NO6/c1-15(2,3)22-13(19)16-14(20-4)21-11-8-6-5-7-10(11)9-12(17)18/h5-8,14H,9H2,1-4H3,(H,16,19)(H,17,18). The number of carbonyl (C=O) groups excluding carboxylic acids is 1. The third-order valence-electron chi connectivity index (χ3n) is 2.40. The number of amides is 1. The maximum Gasteiger partial charge on any atom is 0.412 e. The Hall–Kier alpha value is -2.28. The minimum Gasteiger partial charge on any atom is -0.481 e. The molecule has 0 radical (unpaired) electrons. The van der Waals surface area contributed by atoms with E-state index in [2.05, 4.69) is 5.32 Å². The quantitative estimate of drug-likeness (QED) is 0.782. The van der Waals surface area contributed by atoms with Crippen molar-refractivity contribution in [2.75, 3.05) is 7.11 Å². The topological polar surface area (TPSA) is 94.1 Å². The highest BCUT2D eigenvalue weighted by molar-refractivity contribution is 5.71. The second kappa shape index (κ2) is 7.65. The minimum atomic E-state index is -1.09. The molecule has 0 aliphatic rings. The van der Waals surface area contributed by atoms with Gasteiger partial charge in [-0.05, 0) is 26.8 Å². The van der Waals surface area contributed by atoms with Gasteiger partial charge in [-0.15, -0.1) is 0 Å². The summed E-state index contributed by atoms with van der Waals surface area (Å²) >= 11 is 0. The first-order valence-electron chi connectivity index (χ1n) is 6.70. The van der Waals surface area contributed by atoms with Crippen molar-refractivity contribution in [3.8, 4) is 5.75 Å². The number of para-hydroxylation sites is 1. The lowest BCUT2D eigenvalue weighted by molar-refractivity contribution is -0.136. The van der Waals surface area contributed by atoms with Gasteiger partial charge in [-0.2, -0.15) is 0 Å². The van der Waals surface area contributed by atoms with Crippen LogP contribution in [-0.2, 0) is 20.7 Å². The molecular formula is C15H21NO6. The Labute approximate surface area is 129 Å². The summed E-state index contributed by atoms with van der Waals surface area (Å²) in [6.45, 7) is 5.20. The molecule has 1 rings (SSSR count). The summed E-state index contributed by atoms with van der Waals surface area (Å²) < 4.78 is 15.6. The van der Waals surface area contributed by atoms with Crippen molar-refractivity contribution in [1.29, 1.82) is 0 Å². The third-order valence-corrected chi connectivity index (χ3v) is 2.40. The van der Waals surface area contributed by atoms with Gasteiger partial charge in [-0.3, -0.25) is 10.1 Å². The molecule has 1 aromatic rings. The van der Waals surface area contributed by atoms with Gasteiger partial charge in [-0.25, -0.2) is 4.79 Å². The number of alkyl carbamates (subject to hydrolysis) is 1. The Bertz CT molecular complexity index is 523. The Kier molecular flexibility index (Phi) is 6.18. The molecule has 0 fully saturated rings. The van der Waals surface area contributed by atoms with Crippen molar-refractivity contribution in [2.24, 2.45) is 0 Å². The van der Waals surface area contributed by atoms with Crippen LogP contribution < -0.4 is 10.1 Å². The molecule has 1 aromatic carbocycles. The summed E-state index contributed by atoms with van der Waals surface area (Å²) in [5.74, 6) is -0.669. The molecule has 1 amide bonds. The van der Waals surface area contributed by atoms with Gasteiger partial charge in [0.05, 0.1) is 6.42 Å². The summed E-state index contributed by atoms with van der Waals surface area (Å²) in [6.07, 6.45) is -1.99. The summed E-state index contributed by atoms with van der Waals surface area (Å²) in [7, 11) is 1.35. The summed E-state index contributed by atoms with van der Waals surface area (Å²) in [5.41, 5.74) is -0.174. The number of carboxylic acid groups (broad SMARTS) is 1. The highest BCUT2D eigenvalue weighted by atomic mass is 16.7. The third kappa shape index (κ3) is 6.45. The number of rotatable bonds is 6. The van der Waals surface area contributed by atoms with Crippen LogP contribution in [0.3, 0.4) is 0 Å². The molecule has 0 aliphatic heterocycles. The van der Waals surface area contributed by atoms with Crippen molar-refractivity contribution >= 4 is 12.1 Å². The van der Waals surface area contributed by atoms with Crippen LogP contribution in [0.25, 0.3) is 0 Å². The molecule has 0 aromatic heterocycles. The van der Waals surface area contributed by atoms with Crippen LogP contribution >= 0.6 is 0 Å². The molecule has 7 nitrogen and oxygen atoms in total. The molecule has 2 N–H and O–H groups in total. The monoisotopic (exact) mass is 311 g/mol. The van der Waals surface area contributed by atoms with Crippen molar-refractivity contribution in [3.63, 3.8) is 0 Å². The fourth-order valence-electron chi connectivity index (χ4n) is 1.58. The van der Waals surface area contributed by atoms with E-state index < -0.39 is 24.1 Å². The number of aliphatic carboxylic acids is 1. The molecule has 1 unspecified atom stereocenters. The van der Waals surface area contributed by atoms with Gasteiger partial charge in [0.1, 0.15) is 11.4 Å². The lowest BCUT2D eigenvalue weighted by Gasteiger charge is -2.23. The van der Waals surface area contributed by atoms with Crippen LogP contribution in [0.2, 0.25) is 0 Å². The molecule has 0 saturated carbocycles. The van der Waals surface area contributed by atoms with Gasteiger partial charge >= 0.3 is 12.1 Å². The Balaban J connectivity index is 2.74. The number of carboxylic acids is 1. The van der Waals surface area contributed by atoms with E-state index in [-0.39, 0.29) is 6.42 Å². The normalized spacial score (nSPS) is 12.4. The van der Waals surface area contributed by atoms with E-state index in [1.807, 2.05) is 0 Å². The molecular weight excluding hydrogens is 290 g/mol. The molecule has 0 aliphatic carbocycles. The highest BCUT2D eigenvalue weighted by Crippen LogP contribution is 2.20. The van der Waals surface area contributed by atoms with Crippen LogP contribution in [0.4, 0.5) is 4.79 Å². The molecule has 7 heteroatoms. The zero-order valence-electron chi connectivity index (χ0n) is 13.1.